The molecule has 0 aliphatic heterocycles. The molecule has 0 unspecified atom stereocenters. The van der Waals surface area contributed by atoms with Crippen molar-refractivity contribution in [1.29, 1.82) is 0 Å². The molecule has 0 aromatic carbocycles. The van der Waals surface area contributed by atoms with Crippen molar-refractivity contribution < 1.29 is 14.7 Å². The molecule has 0 amide bonds. The SMILES string of the molecule is Cc1nccn1C(=O)C[C@H](N)C(=O)O. The third kappa shape index (κ3) is 2.17. The van der Waals surface area contributed by atoms with E-state index in [4.69, 9.17) is 10.8 Å². The summed E-state index contributed by atoms with van der Waals surface area (Å²) in [5.41, 5.74) is 5.22. The number of rotatable bonds is 3. The Morgan fingerprint density at radius 1 is 1.71 bits per heavy atom. The summed E-state index contributed by atoms with van der Waals surface area (Å²) in [6.07, 6.45) is 2.72. The van der Waals surface area contributed by atoms with Crippen LogP contribution in [0.2, 0.25) is 0 Å². The summed E-state index contributed by atoms with van der Waals surface area (Å²) in [6.45, 7) is 1.66. The van der Waals surface area contributed by atoms with Gasteiger partial charge in [0.25, 0.3) is 0 Å². The van der Waals surface area contributed by atoms with E-state index < -0.39 is 12.0 Å². The van der Waals surface area contributed by atoms with E-state index in [1.807, 2.05) is 0 Å². The summed E-state index contributed by atoms with van der Waals surface area (Å²) in [6, 6.07) is -1.16. The van der Waals surface area contributed by atoms with E-state index in [0.29, 0.717) is 5.82 Å². The summed E-state index contributed by atoms with van der Waals surface area (Å²) in [5.74, 6) is -1.03. The van der Waals surface area contributed by atoms with Crippen molar-refractivity contribution in [3.05, 3.63) is 18.2 Å². The maximum absolute atomic E-state index is 11.4. The van der Waals surface area contributed by atoms with Gasteiger partial charge < -0.3 is 10.8 Å². The minimum atomic E-state index is -1.18. The van der Waals surface area contributed by atoms with Crippen molar-refractivity contribution >= 4 is 11.9 Å². The predicted molar refractivity (Wildman–Crippen MR) is 47.8 cm³/mol. The molecule has 14 heavy (non-hydrogen) atoms. The van der Waals surface area contributed by atoms with Crippen LogP contribution in [0.1, 0.15) is 17.0 Å². The molecule has 6 heteroatoms. The summed E-state index contributed by atoms with van der Waals surface area (Å²) in [4.78, 5) is 25.7. The van der Waals surface area contributed by atoms with Crippen LogP contribution in [0.5, 0.6) is 0 Å². The minimum Gasteiger partial charge on any atom is -0.480 e. The second-order valence-electron chi connectivity index (χ2n) is 2.89. The van der Waals surface area contributed by atoms with E-state index in [9.17, 15) is 9.59 Å². The molecule has 1 aromatic heterocycles. The van der Waals surface area contributed by atoms with Gasteiger partial charge in [-0.3, -0.25) is 14.2 Å². The van der Waals surface area contributed by atoms with Crippen molar-refractivity contribution in [3.63, 3.8) is 0 Å². The summed E-state index contributed by atoms with van der Waals surface area (Å²) < 4.78 is 1.28. The number of aryl methyl sites for hydroxylation is 1. The van der Waals surface area contributed by atoms with Crippen molar-refractivity contribution in [2.45, 2.75) is 19.4 Å². The van der Waals surface area contributed by atoms with Crippen molar-refractivity contribution in [2.24, 2.45) is 5.73 Å². The number of hydrogen-bond acceptors (Lipinski definition) is 4. The number of carboxylic acids is 1. The summed E-state index contributed by atoms with van der Waals surface area (Å²) >= 11 is 0. The van der Waals surface area contributed by atoms with E-state index in [1.54, 1.807) is 6.92 Å². The molecule has 0 aliphatic rings. The van der Waals surface area contributed by atoms with Crippen LogP contribution in [0.25, 0.3) is 0 Å². The molecule has 76 valence electrons. The Hall–Kier alpha value is -1.69. The van der Waals surface area contributed by atoms with Crippen LogP contribution in [0.15, 0.2) is 12.4 Å². The lowest BCUT2D eigenvalue weighted by atomic mass is 10.2. The van der Waals surface area contributed by atoms with Gasteiger partial charge in [-0.2, -0.15) is 0 Å². The molecule has 0 aliphatic carbocycles. The van der Waals surface area contributed by atoms with E-state index >= 15 is 0 Å². The molecule has 3 N–H and O–H groups in total. The topological polar surface area (TPSA) is 98.2 Å². The van der Waals surface area contributed by atoms with Crippen LogP contribution in [0.3, 0.4) is 0 Å². The highest BCUT2D eigenvalue weighted by molar-refractivity contribution is 5.85. The van der Waals surface area contributed by atoms with Gasteiger partial charge in [-0.15, -0.1) is 0 Å². The Morgan fingerprint density at radius 2 is 2.36 bits per heavy atom. The van der Waals surface area contributed by atoms with Gasteiger partial charge in [-0.1, -0.05) is 0 Å². The van der Waals surface area contributed by atoms with Crippen molar-refractivity contribution in [3.8, 4) is 0 Å². The molecule has 6 nitrogen and oxygen atoms in total. The maximum atomic E-state index is 11.4. The first-order valence-corrected chi connectivity index (χ1v) is 4.04. The molecule has 1 heterocycles. The lowest BCUT2D eigenvalue weighted by Crippen LogP contribution is -2.34. The van der Waals surface area contributed by atoms with Gasteiger partial charge >= 0.3 is 5.97 Å². The van der Waals surface area contributed by atoms with Crippen LogP contribution in [-0.4, -0.2) is 32.6 Å². The quantitative estimate of drug-likeness (QED) is 0.689. The van der Waals surface area contributed by atoms with Gasteiger partial charge in [0.1, 0.15) is 11.9 Å². The second-order valence-corrected chi connectivity index (χ2v) is 2.89. The van der Waals surface area contributed by atoms with Crippen molar-refractivity contribution in [1.82, 2.24) is 9.55 Å². The Kier molecular flexibility index (Phi) is 2.98. The van der Waals surface area contributed by atoms with Crippen LogP contribution in [-0.2, 0) is 4.79 Å². The fourth-order valence-electron chi connectivity index (χ4n) is 1.02. The molecule has 0 radical (unpaired) electrons. The van der Waals surface area contributed by atoms with Gasteiger partial charge in [0.15, 0.2) is 0 Å². The fraction of sp³-hybridized carbons (Fsp3) is 0.375. The minimum absolute atomic E-state index is 0.230. The van der Waals surface area contributed by atoms with Gasteiger partial charge in [0.05, 0.1) is 6.42 Å². The Labute approximate surface area is 80.4 Å². The molecule has 0 fully saturated rings. The maximum Gasteiger partial charge on any atom is 0.321 e. The first kappa shape index (κ1) is 10.4. The largest absolute Gasteiger partial charge is 0.480 e. The third-order valence-electron chi connectivity index (χ3n) is 1.81. The number of hydrogen-bond donors (Lipinski definition) is 2. The highest BCUT2D eigenvalue weighted by Crippen LogP contribution is 1.99. The van der Waals surface area contributed by atoms with Gasteiger partial charge in [0.2, 0.25) is 5.91 Å². The monoisotopic (exact) mass is 197 g/mol. The molecule has 0 bridgehead atoms. The number of aliphatic carboxylic acids is 1. The molecular formula is C8H11N3O3. The van der Waals surface area contributed by atoms with Crippen LogP contribution < -0.4 is 5.73 Å². The summed E-state index contributed by atoms with van der Waals surface area (Å²) in [7, 11) is 0. The average Bonchev–Trinajstić information content (AvgIpc) is 2.51. The highest BCUT2D eigenvalue weighted by Gasteiger charge is 2.18. The highest BCUT2D eigenvalue weighted by atomic mass is 16.4. The molecule has 1 rings (SSSR count). The zero-order chi connectivity index (χ0) is 10.7. The zero-order valence-corrected chi connectivity index (χ0v) is 7.67. The number of imidazole rings is 1. The van der Waals surface area contributed by atoms with Gasteiger partial charge in [-0.05, 0) is 6.92 Å². The molecular weight excluding hydrogens is 186 g/mol. The Balaban J connectivity index is 2.69. The molecule has 0 saturated carbocycles. The Bertz CT molecular complexity index is 358. The molecule has 1 aromatic rings. The second kappa shape index (κ2) is 4.01. The first-order valence-electron chi connectivity index (χ1n) is 4.04. The van der Waals surface area contributed by atoms with E-state index in [-0.39, 0.29) is 12.3 Å². The lowest BCUT2D eigenvalue weighted by Gasteiger charge is -2.06. The fourth-order valence-corrected chi connectivity index (χ4v) is 1.02. The van der Waals surface area contributed by atoms with E-state index in [0.717, 1.165) is 0 Å². The number of carbonyl (C=O) groups excluding carboxylic acids is 1. The summed E-state index contributed by atoms with van der Waals surface area (Å²) in [5, 5.41) is 8.50. The predicted octanol–water partition coefficient (Wildman–Crippen LogP) is -0.366. The smallest absolute Gasteiger partial charge is 0.321 e. The van der Waals surface area contributed by atoms with Crippen LogP contribution >= 0.6 is 0 Å². The van der Waals surface area contributed by atoms with Gasteiger partial charge in [0, 0.05) is 12.4 Å². The zero-order valence-electron chi connectivity index (χ0n) is 7.67. The number of nitrogens with two attached hydrogens (primary N) is 1. The number of aromatic nitrogens is 2. The number of carbonyl (C=O) groups is 2. The Morgan fingerprint density at radius 3 is 2.79 bits per heavy atom. The van der Waals surface area contributed by atoms with Gasteiger partial charge in [-0.25, -0.2) is 4.98 Å². The third-order valence-corrected chi connectivity index (χ3v) is 1.81. The molecule has 0 spiro atoms. The number of nitrogens with zero attached hydrogens (tertiary/aromatic N) is 2. The van der Waals surface area contributed by atoms with E-state index in [1.165, 1.54) is 17.0 Å². The molecule has 0 saturated heterocycles. The molecule has 1 atom stereocenters. The van der Waals surface area contributed by atoms with Crippen molar-refractivity contribution in [2.75, 3.05) is 0 Å². The van der Waals surface area contributed by atoms with E-state index in [2.05, 4.69) is 4.98 Å². The first-order chi connectivity index (χ1) is 6.52. The normalized spacial score (nSPS) is 12.4. The van der Waals surface area contributed by atoms with Crippen LogP contribution in [0.4, 0.5) is 0 Å². The lowest BCUT2D eigenvalue weighted by molar-refractivity contribution is -0.138. The average molecular weight is 197 g/mol. The number of carboxylic acid groups (broad SMARTS) is 1. The standard InChI is InChI=1S/C8H11N3O3/c1-5-10-2-3-11(5)7(12)4-6(9)8(13)14/h2-3,6H,4,9H2,1H3,(H,13,14)/t6-/m0/s1. The van der Waals surface area contributed by atoms with Crippen LogP contribution in [0, 0.1) is 6.92 Å².